The van der Waals surface area contributed by atoms with Crippen molar-refractivity contribution in [1.29, 1.82) is 0 Å². The molecule has 1 aliphatic rings. The first-order chi connectivity index (χ1) is 9.72. The summed E-state index contributed by atoms with van der Waals surface area (Å²) in [5.74, 6) is 0.298. The summed E-state index contributed by atoms with van der Waals surface area (Å²) in [6.45, 7) is 6.53. The van der Waals surface area contributed by atoms with Crippen molar-refractivity contribution in [3.05, 3.63) is 23.9 Å². The van der Waals surface area contributed by atoms with Gasteiger partial charge in [0.15, 0.2) is 0 Å². The van der Waals surface area contributed by atoms with Crippen molar-refractivity contribution in [3.8, 4) is 0 Å². The summed E-state index contributed by atoms with van der Waals surface area (Å²) in [6, 6.07) is 3.32. The van der Waals surface area contributed by atoms with Crippen LogP contribution in [0.4, 0.5) is 5.82 Å². The van der Waals surface area contributed by atoms with E-state index in [4.69, 9.17) is 4.74 Å². The third-order valence-corrected chi connectivity index (χ3v) is 3.36. The van der Waals surface area contributed by atoms with Crippen molar-refractivity contribution in [2.75, 3.05) is 45.2 Å². The number of hydrogen-bond acceptors (Lipinski definition) is 6. The van der Waals surface area contributed by atoms with Gasteiger partial charge in [-0.05, 0) is 18.7 Å². The van der Waals surface area contributed by atoms with Crippen LogP contribution < -0.4 is 5.32 Å². The molecule has 0 radical (unpaired) electrons. The zero-order valence-corrected chi connectivity index (χ0v) is 12.0. The predicted molar refractivity (Wildman–Crippen MR) is 75.9 cm³/mol. The number of pyridine rings is 1. The molecule has 0 aliphatic carbocycles. The number of esters is 1. The maximum absolute atomic E-state index is 11.4. The third kappa shape index (κ3) is 3.91. The zero-order valence-electron chi connectivity index (χ0n) is 12.0. The minimum atomic E-state index is -0.360. The van der Waals surface area contributed by atoms with E-state index in [2.05, 4.69) is 26.9 Å². The van der Waals surface area contributed by atoms with Crippen LogP contribution in [0.1, 0.15) is 17.3 Å². The Kier molecular flexibility index (Phi) is 5.31. The highest BCUT2D eigenvalue weighted by molar-refractivity contribution is 5.89. The molecule has 1 saturated heterocycles. The van der Waals surface area contributed by atoms with Crippen LogP contribution in [0.2, 0.25) is 0 Å². The number of aromatic nitrogens is 1. The van der Waals surface area contributed by atoms with Crippen molar-refractivity contribution >= 4 is 11.8 Å². The van der Waals surface area contributed by atoms with E-state index in [9.17, 15) is 4.79 Å². The van der Waals surface area contributed by atoms with Crippen LogP contribution >= 0.6 is 0 Å². The molecule has 110 valence electrons. The number of carbonyl (C=O) groups is 1. The first-order valence-corrected chi connectivity index (χ1v) is 6.85. The number of hydrogen-bond donors (Lipinski definition) is 1. The molecule has 1 unspecified atom stereocenters. The van der Waals surface area contributed by atoms with E-state index in [0.29, 0.717) is 17.9 Å². The maximum atomic E-state index is 11.4. The van der Waals surface area contributed by atoms with Gasteiger partial charge in [-0.2, -0.15) is 0 Å². The average Bonchev–Trinajstić information content (AvgIpc) is 2.52. The highest BCUT2D eigenvalue weighted by atomic mass is 16.5. The molecule has 1 aliphatic heterocycles. The van der Waals surface area contributed by atoms with Crippen LogP contribution in [0.5, 0.6) is 0 Å². The van der Waals surface area contributed by atoms with Crippen molar-refractivity contribution in [2.45, 2.75) is 13.0 Å². The Bertz CT molecular complexity index is 453. The smallest absolute Gasteiger partial charge is 0.338 e. The lowest BCUT2D eigenvalue weighted by atomic mass is 10.2. The topological polar surface area (TPSA) is 63.7 Å². The fourth-order valence-corrected chi connectivity index (χ4v) is 2.18. The highest BCUT2D eigenvalue weighted by Crippen LogP contribution is 2.10. The zero-order chi connectivity index (χ0) is 14.4. The minimum Gasteiger partial charge on any atom is -0.465 e. The summed E-state index contributed by atoms with van der Waals surface area (Å²) in [6.07, 6.45) is 1.74. The normalized spacial score (nSPS) is 19.6. The number of nitrogens with one attached hydrogen (secondary N) is 1. The van der Waals surface area contributed by atoms with Gasteiger partial charge in [0.1, 0.15) is 5.82 Å². The molecule has 1 aromatic heterocycles. The second-order valence-corrected chi connectivity index (χ2v) is 4.69. The van der Waals surface area contributed by atoms with Gasteiger partial charge in [-0.25, -0.2) is 9.78 Å². The van der Waals surface area contributed by atoms with Gasteiger partial charge in [0.05, 0.1) is 25.4 Å². The second kappa shape index (κ2) is 7.21. The Balaban J connectivity index is 1.89. The fraction of sp³-hybridized carbons (Fsp3) is 0.571. The number of morpholine rings is 1. The molecular formula is C14H21N3O3. The summed E-state index contributed by atoms with van der Waals surface area (Å²) in [7, 11) is 1.37. The Hall–Kier alpha value is -1.66. The Labute approximate surface area is 119 Å². The van der Waals surface area contributed by atoms with Gasteiger partial charge in [-0.15, -0.1) is 0 Å². The lowest BCUT2D eigenvalue weighted by Gasteiger charge is -2.32. The van der Waals surface area contributed by atoms with Crippen molar-refractivity contribution in [1.82, 2.24) is 9.88 Å². The lowest BCUT2D eigenvalue weighted by molar-refractivity contribution is -0.0192. The number of nitrogens with zero attached hydrogens (tertiary/aromatic N) is 2. The van der Waals surface area contributed by atoms with Crippen molar-refractivity contribution in [3.63, 3.8) is 0 Å². The molecule has 0 spiro atoms. The quantitative estimate of drug-likeness (QED) is 0.811. The molecule has 2 rings (SSSR count). The van der Waals surface area contributed by atoms with Crippen molar-refractivity contribution in [2.24, 2.45) is 0 Å². The Morgan fingerprint density at radius 1 is 1.65 bits per heavy atom. The van der Waals surface area contributed by atoms with E-state index in [1.54, 1.807) is 18.3 Å². The standard InChI is InChI=1S/C14H21N3O3/c1-3-17-6-7-20-12(10-17)9-16-13-8-11(4-5-15-13)14(18)19-2/h4-5,8,12H,3,6-7,9-10H2,1-2H3,(H,15,16). The van der Waals surface area contributed by atoms with Gasteiger partial charge in [-0.1, -0.05) is 6.92 Å². The number of anilines is 1. The van der Waals surface area contributed by atoms with E-state index in [1.807, 2.05) is 0 Å². The summed E-state index contributed by atoms with van der Waals surface area (Å²) < 4.78 is 10.4. The van der Waals surface area contributed by atoms with E-state index in [1.165, 1.54) is 7.11 Å². The Morgan fingerprint density at radius 3 is 3.25 bits per heavy atom. The van der Waals surface area contributed by atoms with E-state index in [-0.39, 0.29) is 12.1 Å². The fourth-order valence-electron chi connectivity index (χ4n) is 2.18. The van der Waals surface area contributed by atoms with Gasteiger partial charge in [0, 0.05) is 25.8 Å². The molecule has 6 heteroatoms. The average molecular weight is 279 g/mol. The molecule has 1 N–H and O–H groups in total. The van der Waals surface area contributed by atoms with Gasteiger partial charge >= 0.3 is 5.97 Å². The van der Waals surface area contributed by atoms with E-state index in [0.717, 1.165) is 26.2 Å². The Morgan fingerprint density at radius 2 is 2.50 bits per heavy atom. The van der Waals surface area contributed by atoms with Crippen molar-refractivity contribution < 1.29 is 14.3 Å². The molecule has 1 atom stereocenters. The summed E-state index contributed by atoms with van der Waals surface area (Å²) in [4.78, 5) is 18.0. The molecule has 0 bridgehead atoms. The van der Waals surface area contributed by atoms with Gasteiger partial charge in [0.25, 0.3) is 0 Å². The summed E-state index contributed by atoms with van der Waals surface area (Å²) in [5.41, 5.74) is 0.491. The van der Waals surface area contributed by atoms with Gasteiger partial charge in [0.2, 0.25) is 0 Å². The van der Waals surface area contributed by atoms with Crippen LogP contribution in [0.3, 0.4) is 0 Å². The van der Waals surface area contributed by atoms with Crippen LogP contribution in [0.25, 0.3) is 0 Å². The number of ether oxygens (including phenoxy) is 2. The monoisotopic (exact) mass is 279 g/mol. The highest BCUT2D eigenvalue weighted by Gasteiger charge is 2.19. The third-order valence-electron chi connectivity index (χ3n) is 3.36. The number of carbonyl (C=O) groups excluding carboxylic acids is 1. The molecule has 0 amide bonds. The molecule has 20 heavy (non-hydrogen) atoms. The van der Waals surface area contributed by atoms with E-state index < -0.39 is 0 Å². The second-order valence-electron chi connectivity index (χ2n) is 4.69. The molecule has 6 nitrogen and oxygen atoms in total. The lowest BCUT2D eigenvalue weighted by Crippen LogP contribution is -2.45. The molecule has 0 saturated carbocycles. The minimum absolute atomic E-state index is 0.146. The molecule has 1 fully saturated rings. The summed E-state index contributed by atoms with van der Waals surface area (Å²) in [5, 5.41) is 3.21. The van der Waals surface area contributed by atoms with Crippen LogP contribution in [0.15, 0.2) is 18.3 Å². The number of likely N-dealkylation sites (N-methyl/N-ethyl adjacent to an activating group) is 1. The molecular weight excluding hydrogens is 258 g/mol. The SMILES string of the molecule is CCN1CCOC(CNc2cc(C(=O)OC)ccn2)C1. The van der Waals surface area contributed by atoms with Crippen LogP contribution in [0, 0.1) is 0 Å². The predicted octanol–water partition coefficient (Wildman–Crippen LogP) is 1.00. The number of methoxy groups -OCH3 is 1. The van der Waals surface area contributed by atoms with E-state index >= 15 is 0 Å². The van der Waals surface area contributed by atoms with Crippen LogP contribution in [-0.2, 0) is 9.47 Å². The number of rotatable bonds is 5. The molecule has 2 heterocycles. The largest absolute Gasteiger partial charge is 0.465 e. The first kappa shape index (κ1) is 14.7. The van der Waals surface area contributed by atoms with Crippen LogP contribution in [-0.4, -0.2) is 61.9 Å². The van der Waals surface area contributed by atoms with Gasteiger partial charge in [-0.3, -0.25) is 4.90 Å². The summed E-state index contributed by atoms with van der Waals surface area (Å²) >= 11 is 0. The first-order valence-electron chi connectivity index (χ1n) is 6.85. The molecule has 0 aromatic carbocycles. The maximum Gasteiger partial charge on any atom is 0.338 e. The van der Waals surface area contributed by atoms with Gasteiger partial charge < -0.3 is 14.8 Å². The molecule has 1 aromatic rings.